The summed E-state index contributed by atoms with van der Waals surface area (Å²) in [5, 5.41) is 5.89. The first-order chi connectivity index (χ1) is 14.1. The highest BCUT2D eigenvalue weighted by Crippen LogP contribution is 2.16. The topological polar surface area (TPSA) is 75.2 Å². The molecule has 0 saturated carbocycles. The van der Waals surface area contributed by atoms with Crippen molar-refractivity contribution in [1.82, 2.24) is 10.2 Å². The Morgan fingerprint density at radius 1 is 1.21 bits per heavy atom. The first-order valence-electron chi connectivity index (χ1n) is 9.46. The number of nitrogens with zero attached hydrogens (tertiary/aromatic N) is 2. The van der Waals surface area contributed by atoms with Gasteiger partial charge in [0.1, 0.15) is 11.6 Å². The van der Waals surface area contributed by atoms with Crippen LogP contribution in [0.1, 0.15) is 10.4 Å². The van der Waals surface area contributed by atoms with E-state index in [1.165, 1.54) is 24.3 Å². The van der Waals surface area contributed by atoms with E-state index in [-0.39, 0.29) is 5.91 Å². The zero-order valence-corrected chi connectivity index (χ0v) is 16.4. The van der Waals surface area contributed by atoms with Gasteiger partial charge < -0.3 is 14.8 Å². The first-order valence-corrected chi connectivity index (χ1v) is 9.46. The zero-order valence-electron chi connectivity index (χ0n) is 16.4. The van der Waals surface area contributed by atoms with E-state index in [1.54, 1.807) is 7.11 Å². The Morgan fingerprint density at radius 2 is 1.97 bits per heavy atom. The molecule has 29 heavy (non-hydrogen) atoms. The fraction of sp³-hybridized carbons (Fsp3) is 0.333. The molecule has 1 aliphatic heterocycles. The number of benzene rings is 2. The molecule has 1 fully saturated rings. The van der Waals surface area contributed by atoms with E-state index in [2.05, 4.69) is 20.5 Å². The van der Waals surface area contributed by atoms with Crippen molar-refractivity contribution in [2.45, 2.75) is 0 Å². The maximum absolute atomic E-state index is 13.1. The van der Waals surface area contributed by atoms with Crippen molar-refractivity contribution in [3.8, 4) is 5.75 Å². The Labute approximate surface area is 169 Å². The molecule has 2 aromatic rings. The molecule has 2 N–H and O–H groups in total. The second-order valence-electron chi connectivity index (χ2n) is 6.50. The van der Waals surface area contributed by atoms with Crippen molar-refractivity contribution in [2.24, 2.45) is 4.99 Å². The van der Waals surface area contributed by atoms with Crippen molar-refractivity contribution in [1.29, 1.82) is 0 Å². The van der Waals surface area contributed by atoms with Gasteiger partial charge in [-0.2, -0.15) is 0 Å². The van der Waals surface area contributed by atoms with Crippen LogP contribution in [0, 0.1) is 5.82 Å². The van der Waals surface area contributed by atoms with Gasteiger partial charge in [0, 0.05) is 37.0 Å². The van der Waals surface area contributed by atoms with Gasteiger partial charge in [-0.25, -0.2) is 4.39 Å². The molecule has 0 aromatic heterocycles. The van der Waals surface area contributed by atoms with Gasteiger partial charge in [-0.05, 0) is 36.4 Å². The lowest BCUT2D eigenvalue weighted by atomic mass is 10.2. The molecule has 1 aliphatic rings. The van der Waals surface area contributed by atoms with Gasteiger partial charge in [0.15, 0.2) is 0 Å². The number of nitrogens with one attached hydrogen (secondary N) is 2. The van der Waals surface area contributed by atoms with Crippen LogP contribution in [0.2, 0.25) is 0 Å². The Hall–Kier alpha value is -2.97. The van der Waals surface area contributed by atoms with Gasteiger partial charge in [0.25, 0.3) is 5.91 Å². The van der Waals surface area contributed by atoms with Crippen molar-refractivity contribution < 1.29 is 18.7 Å². The van der Waals surface area contributed by atoms with Crippen molar-refractivity contribution >= 4 is 17.6 Å². The number of amides is 1. The van der Waals surface area contributed by atoms with E-state index in [1.807, 2.05) is 24.3 Å². The summed E-state index contributed by atoms with van der Waals surface area (Å²) in [4.78, 5) is 19.3. The van der Waals surface area contributed by atoms with Crippen LogP contribution in [0.4, 0.5) is 10.1 Å². The summed E-state index contributed by atoms with van der Waals surface area (Å²) >= 11 is 0. The number of methoxy groups -OCH3 is 1. The number of hydrogen-bond acceptors (Lipinski definition) is 5. The van der Waals surface area contributed by atoms with E-state index in [4.69, 9.17) is 9.47 Å². The lowest BCUT2D eigenvalue weighted by Crippen LogP contribution is -2.39. The second-order valence-corrected chi connectivity index (χ2v) is 6.50. The molecule has 0 spiro atoms. The number of carbonyl (C=O) groups excluding carboxylic acids is 1. The monoisotopic (exact) mass is 400 g/mol. The van der Waals surface area contributed by atoms with E-state index in [0.717, 1.165) is 38.5 Å². The predicted octanol–water partition coefficient (Wildman–Crippen LogP) is 2.36. The highest BCUT2D eigenvalue weighted by atomic mass is 19.1. The minimum absolute atomic E-state index is 0.320. The van der Waals surface area contributed by atoms with Gasteiger partial charge in [-0.15, -0.1) is 0 Å². The normalized spacial score (nSPS) is 15.0. The average Bonchev–Trinajstić information content (AvgIpc) is 2.75. The van der Waals surface area contributed by atoms with Crippen LogP contribution in [0.25, 0.3) is 0 Å². The number of ether oxygens (including phenoxy) is 2. The fourth-order valence-corrected chi connectivity index (χ4v) is 2.86. The summed E-state index contributed by atoms with van der Waals surface area (Å²) < 4.78 is 23.7. The summed E-state index contributed by atoms with van der Waals surface area (Å²) in [6.45, 7) is 4.46. The summed E-state index contributed by atoms with van der Waals surface area (Å²) in [5.41, 5.74) is 1.08. The number of aliphatic imine (C=N–C) groups is 1. The molecule has 154 valence electrons. The average molecular weight is 400 g/mol. The highest BCUT2D eigenvalue weighted by Gasteiger charge is 2.12. The number of anilines is 1. The van der Waals surface area contributed by atoms with Gasteiger partial charge in [0.2, 0.25) is 5.96 Å². The van der Waals surface area contributed by atoms with E-state index in [9.17, 15) is 9.18 Å². The highest BCUT2D eigenvalue weighted by molar-refractivity contribution is 6.09. The SMILES string of the molecule is COc1cccc(NC(=NCCN2CCOCC2)NC(=O)c2ccc(F)cc2)c1. The minimum atomic E-state index is -0.393. The molecule has 1 amide bonds. The summed E-state index contributed by atoms with van der Waals surface area (Å²) in [5.74, 6) is 0.245. The van der Waals surface area contributed by atoms with E-state index >= 15 is 0 Å². The molecule has 0 unspecified atom stereocenters. The minimum Gasteiger partial charge on any atom is -0.497 e. The van der Waals surface area contributed by atoms with Gasteiger partial charge in [-0.3, -0.25) is 20.0 Å². The summed E-state index contributed by atoms with van der Waals surface area (Å²) in [6, 6.07) is 12.7. The number of carbonyl (C=O) groups is 1. The number of halogens is 1. The van der Waals surface area contributed by atoms with Crippen LogP contribution in [-0.2, 0) is 4.74 Å². The third-order valence-electron chi connectivity index (χ3n) is 4.46. The third kappa shape index (κ3) is 6.55. The largest absolute Gasteiger partial charge is 0.497 e. The zero-order chi connectivity index (χ0) is 20.5. The lowest BCUT2D eigenvalue weighted by Gasteiger charge is -2.25. The number of guanidine groups is 1. The molecule has 7 nitrogen and oxygen atoms in total. The molecule has 0 bridgehead atoms. The molecule has 0 atom stereocenters. The second kappa shape index (κ2) is 10.5. The number of morpholine rings is 1. The van der Waals surface area contributed by atoms with Crippen molar-refractivity contribution in [3.63, 3.8) is 0 Å². The Balaban J connectivity index is 1.69. The van der Waals surface area contributed by atoms with Crippen molar-refractivity contribution in [3.05, 3.63) is 59.9 Å². The molecule has 2 aromatic carbocycles. The van der Waals surface area contributed by atoms with Crippen molar-refractivity contribution in [2.75, 3.05) is 51.8 Å². The molecule has 0 radical (unpaired) electrons. The molecular weight excluding hydrogens is 375 g/mol. The van der Waals surface area contributed by atoms with Crippen LogP contribution < -0.4 is 15.4 Å². The maximum atomic E-state index is 13.1. The predicted molar refractivity (Wildman–Crippen MR) is 110 cm³/mol. The van der Waals surface area contributed by atoms with E-state index in [0.29, 0.717) is 23.8 Å². The molecule has 1 heterocycles. The van der Waals surface area contributed by atoms with Crippen LogP contribution in [0.3, 0.4) is 0 Å². The Morgan fingerprint density at radius 3 is 2.69 bits per heavy atom. The molecule has 0 aliphatic carbocycles. The lowest BCUT2D eigenvalue weighted by molar-refractivity contribution is 0.0394. The van der Waals surface area contributed by atoms with Crippen LogP contribution >= 0.6 is 0 Å². The van der Waals surface area contributed by atoms with E-state index < -0.39 is 5.82 Å². The summed E-state index contributed by atoms with van der Waals surface area (Å²) in [6.07, 6.45) is 0. The first kappa shape index (κ1) is 20.8. The number of hydrogen-bond donors (Lipinski definition) is 2. The molecule has 8 heteroatoms. The quantitative estimate of drug-likeness (QED) is 0.575. The molecule has 3 rings (SSSR count). The van der Waals surface area contributed by atoms with Crippen LogP contribution in [-0.4, -0.2) is 63.3 Å². The molecular formula is C21H25FN4O3. The maximum Gasteiger partial charge on any atom is 0.257 e. The molecule has 1 saturated heterocycles. The Bertz CT molecular complexity index is 836. The standard InChI is InChI=1S/C21H25FN4O3/c1-28-19-4-2-3-18(15-19)24-21(23-9-10-26-11-13-29-14-12-26)25-20(27)16-5-7-17(22)8-6-16/h2-8,15H,9-14H2,1H3,(H2,23,24,25,27). The smallest absolute Gasteiger partial charge is 0.257 e. The van der Waals surface area contributed by atoms with Gasteiger partial charge in [-0.1, -0.05) is 6.07 Å². The summed E-state index contributed by atoms with van der Waals surface area (Å²) in [7, 11) is 1.59. The number of rotatable bonds is 6. The van der Waals surface area contributed by atoms with Crippen LogP contribution in [0.15, 0.2) is 53.5 Å². The van der Waals surface area contributed by atoms with Gasteiger partial charge in [0.05, 0.1) is 26.9 Å². The fourth-order valence-electron chi connectivity index (χ4n) is 2.86. The third-order valence-corrected chi connectivity index (χ3v) is 4.46. The van der Waals surface area contributed by atoms with Gasteiger partial charge >= 0.3 is 0 Å². The van der Waals surface area contributed by atoms with Crippen LogP contribution in [0.5, 0.6) is 5.75 Å². The Kier molecular flexibility index (Phi) is 7.54.